The summed E-state index contributed by atoms with van der Waals surface area (Å²) in [4.78, 5) is 0. The first-order valence-corrected chi connectivity index (χ1v) is 4.80. The highest BCUT2D eigenvalue weighted by Crippen LogP contribution is 2.15. The summed E-state index contributed by atoms with van der Waals surface area (Å²) in [6.07, 6.45) is 0.806. The first-order chi connectivity index (χ1) is 7.24. The standard InChI is InChI=1S/C13H12O2/c14-12-5-1-10(2-6-12)9-11-3-7-13(15)8-4-11/h1-8,14-15H,9H2/i1+1,2+1,3+1,4+1,5+1,6+1,7+1,8+1,10+1,11+1,12+1,13+1. The van der Waals surface area contributed by atoms with E-state index in [0.717, 1.165) is 17.5 Å². The minimum absolute atomic E-state index is 0.282. The van der Waals surface area contributed by atoms with E-state index < -0.39 is 0 Å². The molecule has 15 heavy (non-hydrogen) atoms. The van der Waals surface area contributed by atoms with Gasteiger partial charge in [0.2, 0.25) is 0 Å². The van der Waals surface area contributed by atoms with Gasteiger partial charge in [-0.1, -0.05) is 24.3 Å². The van der Waals surface area contributed by atoms with Gasteiger partial charge >= 0.3 is 0 Å². The van der Waals surface area contributed by atoms with Gasteiger partial charge in [0.25, 0.3) is 0 Å². The normalized spacial score (nSPS) is 10.1. The smallest absolute Gasteiger partial charge is 0.115 e. The molecule has 0 aromatic heterocycles. The van der Waals surface area contributed by atoms with E-state index in [2.05, 4.69) is 0 Å². The van der Waals surface area contributed by atoms with Gasteiger partial charge in [0.1, 0.15) is 11.5 Å². The molecule has 76 valence electrons. The summed E-state index contributed by atoms with van der Waals surface area (Å²) in [5.41, 5.74) is 2.27. The molecule has 0 unspecified atom stereocenters. The lowest BCUT2D eigenvalue weighted by Crippen LogP contribution is -1.86. The number of phenolic OH excluding ortho intramolecular Hbond substituents is 2. The van der Waals surface area contributed by atoms with E-state index >= 15 is 0 Å². The topological polar surface area (TPSA) is 40.5 Å². The molecule has 0 spiro atoms. The average molecular weight is 212 g/mol. The summed E-state index contributed by atoms with van der Waals surface area (Å²) in [7, 11) is 0. The third kappa shape index (κ3) is 2.50. The molecule has 2 heteroatoms. The number of aromatic hydroxyl groups is 2. The van der Waals surface area contributed by atoms with E-state index in [4.69, 9.17) is 10.2 Å². The maximum atomic E-state index is 9.13. The molecule has 0 fully saturated rings. The Kier molecular flexibility index (Phi) is 2.59. The molecular formula is C13H12O2. The van der Waals surface area contributed by atoms with Crippen molar-refractivity contribution in [2.24, 2.45) is 0 Å². The molecule has 0 heterocycles. The van der Waals surface area contributed by atoms with Crippen molar-refractivity contribution < 1.29 is 10.2 Å². The van der Waals surface area contributed by atoms with Gasteiger partial charge in [0.15, 0.2) is 0 Å². The van der Waals surface area contributed by atoms with Crippen LogP contribution in [-0.2, 0) is 6.42 Å². The van der Waals surface area contributed by atoms with Gasteiger partial charge in [-0.05, 0) is 41.8 Å². The maximum Gasteiger partial charge on any atom is 0.115 e. The maximum absolute atomic E-state index is 9.13. The third-order valence-electron chi connectivity index (χ3n) is 2.28. The van der Waals surface area contributed by atoms with Crippen molar-refractivity contribution in [2.75, 3.05) is 0 Å². The van der Waals surface area contributed by atoms with Crippen LogP contribution >= 0.6 is 0 Å². The van der Waals surface area contributed by atoms with Crippen molar-refractivity contribution in [3.05, 3.63) is 59.7 Å². The van der Waals surface area contributed by atoms with Gasteiger partial charge in [0, 0.05) is 0 Å². The number of rotatable bonds is 2. The van der Waals surface area contributed by atoms with Crippen LogP contribution in [0, 0.1) is 0 Å². The fraction of sp³-hybridized carbons (Fsp3) is 0.0769. The lowest BCUT2D eigenvalue weighted by Gasteiger charge is -2.02. The second-order valence-corrected chi connectivity index (χ2v) is 3.51. The summed E-state index contributed by atoms with van der Waals surface area (Å²) in [5, 5.41) is 18.3. The average Bonchev–Trinajstić information content (AvgIpc) is 2.25. The van der Waals surface area contributed by atoms with E-state index in [9.17, 15) is 0 Å². The van der Waals surface area contributed by atoms with E-state index in [1.165, 1.54) is 0 Å². The van der Waals surface area contributed by atoms with Crippen LogP contribution in [0.2, 0.25) is 0 Å². The quantitative estimate of drug-likeness (QED) is 0.803. The molecule has 2 rings (SSSR count). The van der Waals surface area contributed by atoms with E-state index in [-0.39, 0.29) is 11.5 Å². The Morgan fingerprint density at radius 3 is 1.27 bits per heavy atom. The number of hydrogen-bond donors (Lipinski definition) is 2. The lowest BCUT2D eigenvalue weighted by molar-refractivity contribution is 0.475. The molecule has 0 atom stereocenters. The zero-order chi connectivity index (χ0) is 10.7. The first kappa shape index (κ1) is 9.59. The summed E-state index contributed by atoms with van der Waals surface area (Å²) >= 11 is 0. The van der Waals surface area contributed by atoms with E-state index in [1.54, 1.807) is 24.3 Å². The summed E-state index contributed by atoms with van der Waals surface area (Å²) < 4.78 is 0. The molecule has 0 aliphatic carbocycles. The molecule has 0 saturated carbocycles. The molecule has 0 saturated heterocycles. The van der Waals surface area contributed by atoms with Crippen LogP contribution in [-0.4, -0.2) is 10.2 Å². The zero-order valence-corrected chi connectivity index (χ0v) is 8.22. The lowest BCUT2D eigenvalue weighted by atomic mass is 10.7. The van der Waals surface area contributed by atoms with Crippen molar-refractivity contribution in [1.82, 2.24) is 0 Å². The van der Waals surface area contributed by atoms with Crippen molar-refractivity contribution in [3.8, 4) is 11.5 Å². The molecule has 2 aromatic rings. The van der Waals surface area contributed by atoms with Crippen LogP contribution in [0.25, 0.3) is 0 Å². The Labute approximate surface area is 88.4 Å². The molecule has 0 aliphatic heterocycles. The SMILES string of the molecule is O[13c]1[13cH][13cH][13c](C[13c]2[13cH][13cH][13c](O)[13cH][13cH]2)[13cH][13cH]1. The van der Waals surface area contributed by atoms with Gasteiger partial charge in [-0.15, -0.1) is 0 Å². The Bertz CT molecular complexity index is 386. The van der Waals surface area contributed by atoms with Crippen LogP contribution < -0.4 is 0 Å². The van der Waals surface area contributed by atoms with Gasteiger partial charge < -0.3 is 10.2 Å². The van der Waals surface area contributed by atoms with E-state index in [1.807, 2.05) is 24.3 Å². The second kappa shape index (κ2) is 4.05. The molecule has 2 N–H and O–H groups in total. The zero-order valence-electron chi connectivity index (χ0n) is 8.22. The second-order valence-electron chi connectivity index (χ2n) is 3.51. The number of phenols is 2. The number of hydrogen-bond acceptors (Lipinski definition) is 2. The first-order valence-electron chi connectivity index (χ1n) is 4.80. The highest BCUT2D eigenvalue weighted by molar-refractivity contribution is 5.32. The summed E-state index contributed by atoms with van der Waals surface area (Å²) in [5.74, 6) is 0.564. The number of benzene rings is 2. The molecule has 0 radical (unpaired) electrons. The van der Waals surface area contributed by atoms with Crippen molar-refractivity contribution in [1.29, 1.82) is 0 Å². The van der Waals surface area contributed by atoms with Crippen molar-refractivity contribution >= 4 is 0 Å². The van der Waals surface area contributed by atoms with Crippen LogP contribution in [0.3, 0.4) is 0 Å². The Morgan fingerprint density at radius 2 is 0.933 bits per heavy atom. The van der Waals surface area contributed by atoms with Crippen molar-refractivity contribution in [3.63, 3.8) is 0 Å². The van der Waals surface area contributed by atoms with Crippen LogP contribution in [0.5, 0.6) is 11.5 Å². The van der Waals surface area contributed by atoms with Crippen LogP contribution in [0.1, 0.15) is 11.1 Å². The minimum Gasteiger partial charge on any atom is -0.508 e. The van der Waals surface area contributed by atoms with Gasteiger partial charge in [-0.25, -0.2) is 0 Å². The monoisotopic (exact) mass is 212 g/mol. The molecule has 0 aliphatic rings. The summed E-state index contributed by atoms with van der Waals surface area (Å²) in [6.45, 7) is 0. The fourth-order valence-electron chi connectivity index (χ4n) is 1.46. The van der Waals surface area contributed by atoms with Gasteiger partial charge in [-0.3, -0.25) is 0 Å². The largest absolute Gasteiger partial charge is 0.508 e. The predicted octanol–water partition coefficient (Wildman–Crippen LogP) is 2.69. The van der Waals surface area contributed by atoms with Crippen LogP contribution in [0.4, 0.5) is 0 Å². The Balaban J connectivity index is 2.15. The Hall–Kier alpha value is -1.96. The minimum atomic E-state index is 0.282. The Morgan fingerprint density at radius 1 is 0.600 bits per heavy atom. The van der Waals surface area contributed by atoms with E-state index in [0.29, 0.717) is 0 Å². The predicted molar refractivity (Wildman–Crippen MR) is 59.0 cm³/mol. The van der Waals surface area contributed by atoms with Crippen molar-refractivity contribution in [2.45, 2.75) is 6.42 Å². The third-order valence-corrected chi connectivity index (χ3v) is 2.28. The highest BCUT2D eigenvalue weighted by atomic mass is 16.3. The molecule has 0 amide bonds. The fourth-order valence-corrected chi connectivity index (χ4v) is 1.46. The van der Waals surface area contributed by atoms with Crippen LogP contribution in [0.15, 0.2) is 48.5 Å². The van der Waals surface area contributed by atoms with Gasteiger partial charge in [-0.2, -0.15) is 0 Å². The molecule has 2 aromatic carbocycles. The molecular weight excluding hydrogens is 200 g/mol. The molecule has 0 bridgehead atoms. The molecule has 2 nitrogen and oxygen atoms in total. The van der Waals surface area contributed by atoms with Gasteiger partial charge in [0.05, 0.1) is 0 Å². The highest BCUT2D eigenvalue weighted by Gasteiger charge is 1.96. The summed E-state index contributed by atoms with van der Waals surface area (Å²) in [6, 6.07) is 14.3.